The molecule has 0 aliphatic heterocycles. The third kappa shape index (κ3) is 3.45. The van der Waals surface area contributed by atoms with E-state index in [0.717, 1.165) is 23.8 Å². The molecule has 156 valence electrons. The second-order valence-corrected chi connectivity index (χ2v) is 7.47. The molecule has 30 heavy (non-hydrogen) atoms. The SMILES string of the molecule is CC#Cc1ccc(-c2c[nH]c3c(C4CCCCC4)c(C(F)(F)F)nn3c2=O)c(O)c1. The van der Waals surface area contributed by atoms with Crippen molar-refractivity contribution >= 4 is 5.65 Å². The molecule has 0 bridgehead atoms. The predicted octanol–water partition coefficient (Wildman–Crippen LogP) is 4.83. The summed E-state index contributed by atoms with van der Waals surface area (Å²) in [6.07, 6.45) is 0.637. The van der Waals surface area contributed by atoms with Crippen LogP contribution in [0.15, 0.2) is 29.2 Å². The maximum atomic E-state index is 13.7. The maximum absolute atomic E-state index is 13.7. The number of hydrogen-bond donors (Lipinski definition) is 2. The van der Waals surface area contributed by atoms with Crippen LogP contribution in [0.4, 0.5) is 13.2 Å². The second kappa shape index (κ2) is 7.56. The number of halogens is 3. The molecule has 3 aromatic rings. The summed E-state index contributed by atoms with van der Waals surface area (Å²) in [4.78, 5) is 15.9. The van der Waals surface area contributed by atoms with Gasteiger partial charge in [0.15, 0.2) is 5.69 Å². The summed E-state index contributed by atoms with van der Waals surface area (Å²) in [7, 11) is 0. The zero-order valence-electron chi connectivity index (χ0n) is 16.3. The topological polar surface area (TPSA) is 70.4 Å². The second-order valence-electron chi connectivity index (χ2n) is 7.47. The Labute approximate surface area is 170 Å². The van der Waals surface area contributed by atoms with Gasteiger partial charge in [-0.1, -0.05) is 25.2 Å². The number of nitrogens with zero attached hydrogens (tertiary/aromatic N) is 2. The molecule has 1 aromatic carbocycles. The molecule has 8 heteroatoms. The quantitative estimate of drug-likeness (QED) is 0.589. The lowest BCUT2D eigenvalue weighted by Gasteiger charge is -2.22. The first-order valence-electron chi connectivity index (χ1n) is 9.79. The van der Waals surface area contributed by atoms with E-state index in [2.05, 4.69) is 21.9 Å². The number of nitrogens with one attached hydrogen (secondary N) is 1. The van der Waals surface area contributed by atoms with Gasteiger partial charge in [-0.3, -0.25) is 4.79 Å². The Hall–Kier alpha value is -3.21. The van der Waals surface area contributed by atoms with Crippen LogP contribution in [0.5, 0.6) is 5.75 Å². The number of phenols is 1. The molecule has 0 amide bonds. The fraction of sp³-hybridized carbons (Fsp3) is 0.364. The molecule has 5 nitrogen and oxygen atoms in total. The van der Waals surface area contributed by atoms with E-state index in [9.17, 15) is 23.1 Å². The van der Waals surface area contributed by atoms with Gasteiger partial charge in [0, 0.05) is 22.9 Å². The lowest BCUT2D eigenvalue weighted by molar-refractivity contribution is -0.142. The van der Waals surface area contributed by atoms with Gasteiger partial charge in [0.2, 0.25) is 0 Å². The van der Waals surface area contributed by atoms with E-state index in [4.69, 9.17) is 0 Å². The highest BCUT2D eigenvalue weighted by molar-refractivity contribution is 5.71. The molecule has 2 heterocycles. The molecule has 1 saturated carbocycles. The van der Waals surface area contributed by atoms with E-state index < -0.39 is 17.4 Å². The van der Waals surface area contributed by atoms with Crippen LogP contribution in [0.2, 0.25) is 0 Å². The minimum Gasteiger partial charge on any atom is -0.507 e. The van der Waals surface area contributed by atoms with Crippen LogP contribution >= 0.6 is 0 Å². The summed E-state index contributed by atoms with van der Waals surface area (Å²) >= 11 is 0. The van der Waals surface area contributed by atoms with Crippen molar-refractivity contribution in [3.05, 3.63) is 51.6 Å². The summed E-state index contributed by atoms with van der Waals surface area (Å²) in [5.74, 6) is 5.03. The van der Waals surface area contributed by atoms with Crippen molar-refractivity contribution in [3.8, 4) is 28.7 Å². The van der Waals surface area contributed by atoms with Gasteiger partial charge in [-0.2, -0.15) is 22.8 Å². The molecule has 1 aliphatic carbocycles. The third-order valence-electron chi connectivity index (χ3n) is 5.54. The smallest absolute Gasteiger partial charge is 0.435 e. The molecule has 0 unspecified atom stereocenters. The fourth-order valence-corrected chi connectivity index (χ4v) is 4.19. The maximum Gasteiger partial charge on any atom is 0.435 e. The summed E-state index contributed by atoms with van der Waals surface area (Å²) in [5.41, 5.74) is -0.821. The molecule has 1 aliphatic rings. The standard InChI is InChI=1S/C22H20F3N3O2/c1-2-6-13-9-10-15(17(29)11-13)16-12-26-20-18(14-7-4-3-5-8-14)19(22(23,24)25)27-28(20)21(16)30/h9-12,14,26,29H,3-5,7-8H2,1H3. The zero-order chi connectivity index (χ0) is 21.5. The van der Waals surface area contributed by atoms with E-state index in [1.165, 1.54) is 18.3 Å². The third-order valence-corrected chi connectivity index (χ3v) is 5.54. The van der Waals surface area contributed by atoms with Crippen molar-refractivity contribution in [1.29, 1.82) is 0 Å². The normalized spacial score (nSPS) is 15.2. The number of hydrogen-bond acceptors (Lipinski definition) is 3. The van der Waals surface area contributed by atoms with E-state index in [1.54, 1.807) is 13.0 Å². The Morgan fingerprint density at radius 2 is 1.93 bits per heavy atom. The van der Waals surface area contributed by atoms with Crippen LogP contribution in [0, 0.1) is 11.8 Å². The molecule has 0 saturated heterocycles. The number of H-pyrrole nitrogens is 1. The van der Waals surface area contributed by atoms with Gasteiger partial charge >= 0.3 is 6.18 Å². The van der Waals surface area contributed by atoms with Crippen molar-refractivity contribution in [3.63, 3.8) is 0 Å². The Kier molecular flexibility index (Phi) is 5.06. The monoisotopic (exact) mass is 415 g/mol. The summed E-state index contributed by atoms with van der Waals surface area (Å²) in [6, 6.07) is 4.56. The minimum absolute atomic E-state index is 0.0300. The summed E-state index contributed by atoms with van der Waals surface area (Å²) in [6.45, 7) is 1.66. The summed E-state index contributed by atoms with van der Waals surface area (Å²) in [5, 5.41) is 14.0. The molecule has 2 N–H and O–H groups in total. The molecular weight excluding hydrogens is 395 g/mol. The molecule has 1 fully saturated rings. The van der Waals surface area contributed by atoms with Gasteiger partial charge in [0.1, 0.15) is 11.4 Å². The van der Waals surface area contributed by atoms with Crippen LogP contribution in [0.25, 0.3) is 16.8 Å². The number of aromatic amines is 1. The van der Waals surface area contributed by atoms with Gasteiger partial charge in [-0.15, -0.1) is 5.92 Å². The van der Waals surface area contributed by atoms with Crippen LogP contribution in [0.3, 0.4) is 0 Å². The first-order valence-corrected chi connectivity index (χ1v) is 9.79. The lowest BCUT2D eigenvalue weighted by atomic mass is 9.84. The number of phenolic OH excluding ortho intramolecular Hbond substituents is 1. The number of rotatable bonds is 2. The van der Waals surface area contributed by atoms with Crippen molar-refractivity contribution < 1.29 is 18.3 Å². The molecule has 0 radical (unpaired) electrons. The minimum atomic E-state index is -4.66. The van der Waals surface area contributed by atoms with Crippen LogP contribution < -0.4 is 5.56 Å². The molecular formula is C22H20F3N3O2. The molecule has 4 rings (SSSR count). The fourth-order valence-electron chi connectivity index (χ4n) is 4.19. The van der Waals surface area contributed by atoms with Gasteiger partial charge in [0.25, 0.3) is 5.56 Å². The van der Waals surface area contributed by atoms with E-state index >= 15 is 0 Å². The zero-order valence-corrected chi connectivity index (χ0v) is 16.3. The highest BCUT2D eigenvalue weighted by atomic mass is 19.4. The first-order chi connectivity index (χ1) is 14.3. The van der Waals surface area contributed by atoms with Gasteiger partial charge in [0.05, 0.1) is 5.56 Å². The first kappa shape index (κ1) is 20.1. The van der Waals surface area contributed by atoms with E-state index in [1.807, 2.05) is 0 Å². The van der Waals surface area contributed by atoms with Gasteiger partial charge in [-0.25, -0.2) is 0 Å². The van der Waals surface area contributed by atoms with Crippen LogP contribution in [0.1, 0.15) is 61.8 Å². The average Bonchev–Trinajstić information content (AvgIpc) is 3.11. The Bertz CT molecular complexity index is 1220. The Balaban J connectivity index is 1.91. The summed E-state index contributed by atoms with van der Waals surface area (Å²) < 4.78 is 42.0. The Morgan fingerprint density at radius 3 is 2.57 bits per heavy atom. The number of aromatic hydroxyl groups is 1. The van der Waals surface area contributed by atoms with E-state index in [0.29, 0.717) is 18.4 Å². The van der Waals surface area contributed by atoms with Crippen LogP contribution in [-0.4, -0.2) is 19.7 Å². The molecule has 0 atom stereocenters. The molecule has 2 aromatic heterocycles. The number of benzene rings is 1. The Morgan fingerprint density at radius 1 is 1.20 bits per heavy atom. The molecule has 0 spiro atoms. The highest BCUT2D eigenvalue weighted by Crippen LogP contribution is 2.41. The van der Waals surface area contributed by atoms with Gasteiger partial charge in [-0.05, 0) is 43.9 Å². The van der Waals surface area contributed by atoms with Crippen molar-refractivity contribution in [2.75, 3.05) is 0 Å². The highest BCUT2D eigenvalue weighted by Gasteiger charge is 2.41. The van der Waals surface area contributed by atoms with Gasteiger partial charge < -0.3 is 10.1 Å². The van der Waals surface area contributed by atoms with Crippen molar-refractivity contribution in [1.82, 2.24) is 14.6 Å². The average molecular weight is 415 g/mol. The number of fused-ring (bicyclic) bond motifs is 1. The van der Waals surface area contributed by atoms with Crippen molar-refractivity contribution in [2.45, 2.75) is 51.1 Å². The number of alkyl halides is 3. The number of aromatic nitrogens is 3. The van der Waals surface area contributed by atoms with Crippen LogP contribution in [-0.2, 0) is 6.18 Å². The van der Waals surface area contributed by atoms with E-state index in [-0.39, 0.29) is 34.0 Å². The largest absolute Gasteiger partial charge is 0.507 e. The lowest BCUT2D eigenvalue weighted by Crippen LogP contribution is -2.18. The predicted molar refractivity (Wildman–Crippen MR) is 106 cm³/mol. The van der Waals surface area contributed by atoms with Crippen molar-refractivity contribution in [2.24, 2.45) is 0 Å².